The lowest BCUT2D eigenvalue weighted by Crippen LogP contribution is -2.49. The molecule has 4 N–H and O–H groups in total. The molecule has 0 aliphatic carbocycles. The number of aryl methyl sites for hydroxylation is 2. The van der Waals surface area contributed by atoms with E-state index >= 15 is 0 Å². The van der Waals surface area contributed by atoms with Crippen molar-refractivity contribution in [3.8, 4) is 5.75 Å². The number of amides is 2. The molecule has 1 aromatic heterocycles. The van der Waals surface area contributed by atoms with Crippen LogP contribution in [-0.2, 0) is 23.0 Å². The SMILES string of the molecule is CCCOc1ccc(S(=O)(=O)N2CCN(CCO)CC2)cc1C(=O)Nc1c(CCCF)cn(CC)c1C(N)=O. The molecule has 1 aromatic carbocycles. The van der Waals surface area contributed by atoms with Crippen LogP contribution in [0.25, 0.3) is 0 Å². The van der Waals surface area contributed by atoms with E-state index in [1.807, 2.05) is 18.7 Å². The largest absolute Gasteiger partial charge is 0.493 e. The maximum absolute atomic E-state index is 13.6. The van der Waals surface area contributed by atoms with Crippen LogP contribution >= 0.6 is 0 Å². The Morgan fingerprint density at radius 3 is 2.49 bits per heavy atom. The van der Waals surface area contributed by atoms with E-state index in [0.29, 0.717) is 44.8 Å². The van der Waals surface area contributed by atoms with Crippen LogP contribution in [0.2, 0.25) is 0 Å². The van der Waals surface area contributed by atoms with Crippen LogP contribution in [0.4, 0.5) is 10.1 Å². The molecule has 1 fully saturated rings. The molecule has 1 saturated heterocycles. The molecular formula is C26H38FN5O6S. The molecule has 0 saturated carbocycles. The lowest BCUT2D eigenvalue weighted by atomic mass is 10.1. The van der Waals surface area contributed by atoms with Gasteiger partial charge in [0.15, 0.2) is 0 Å². The number of anilines is 1. The first-order valence-corrected chi connectivity index (χ1v) is 14.6. The van der Waals surface area contributed by atoms with Gasteiger partial charge in [0.2, 0.25) is 10.0 Å². The Balaban J connectivity index is 1.98. The number of aliphatic hydroxyl groups excluding tert-OH is 1. The zero-order valence-electron chi connectivity index (χ0n) is 22.5. The third kappa shape index (κ3) is 7.15. The van der Waals surface area contributed by atoms with Gasteiger partial charge < -0.3 is 25.5 Å². The molecule has 0 spiro atoms. The van der Waals surface area contributed by atoms with Gasteiger partial charge in [0.1, 0.15) is 11.4 Å². The number of β-amino-alcohol motifs (C(OH)–C–C–N with tert-alkyl or cyclic N) is 1. The van der Waals surface area contributed by atoms with Crippen LogP contribution in [-0.4, -0.2) is 91.7 Å². The Morgan fingerprint density at radius 1 is 1.18 bits per heavy atom. The number of sulfonamides is 1. The third-order valence-electron chi connectivity index (χ3n) is 6.59. The van der Waals surface area contributed by atoms with Crippen LogP contribution < -0.4 is 15.8 Å². The minimum Gasteiger partial charge on any atom is -0.493 e. The predicted octanol–water partition coefficient (Wildman–Crippen LogP) is 1.85. The molecule has 1 aliphatic heterocycles. The number of aromatic nitrogens is 1. The maximum atomic E-state index is 13.6. The lowest BCUT2D eigenvalue weighted by molar-refractivity contribution is 0.0992. The highest BCUT2D eigenvalue weighted by molar-refractivity contribution is 7.89. The van der Waals surface area contributed by atoms with Gasteiger partial charge in [-0.1, -0.05) is 6.92 Å². The van der Waals surface area contributed by atoms with Gasteiger partial charge >= 0.3 is 0 Å². The van der Waals surface area contributed by atoms with E-state index in [1.165, 1.54) is 22.5 Å². The van der Waals surface area contributed by atoms with E-state index in [9.17, 15) is 22.4 Å². The number of benzene rings is 1. The number of alkyl halides is 1. The first-order chi connectivity index (χ1) is 18.7. The zero-order valence-corrected chi connectivity index (χ0v) is 23.3. The number of carbonyl (C=O) groups excluding carboxylic acids is 2. The Labute approximate surface area is 228 Å². The molecule has 39 heavy (non-hydrogen) atoms. The fourth-order valence-corrected chi connectivity index (χ4v) is 6.01. The molecule has 3 rings (SSSR count). The number of nitrogens with one attached hydrogen (secondary N) is 1. The fraction of sp³-hybridized carbons (Fsp3) is 0.538. The van der Waals surface area contributed by atoms with Gasteiger partial charge in [0.25, 0.3) is 11.8 Å². The van der Waals surface area contributed by atoms with E-state index in [-0.39, 0.29) is 60.1 Å². The zero-order chi connectivity index (χ0) is 28.6. The van der Waals surface area contributed by atoms with Gasteiger partial charge in [0.05, 0.1) is 36.0 Å². The number of halogens is 1. The summed E-state index contributed by atoms with van der Waals surface area (Å²) in [6, 6.07) is 4.14. The number of ether oxygens (including phenoxy) is 1. The third-order valence-corrected chi connectivity index (χ3v) is 8.49. The summed E-state index contributed by atoms with van der Waals surface area (Å²) < 4.78 is 48.6. The van der Waals surface area contributed by atoms with Gasteiger partial charge in [-0.3, -0.25) is 18.9 Å². The van der Waals surface area contributed by atoms with Crippen molar-refractivity contribution in [2.45, 2.75) is 44.6 Å². The van der Waals surface area contributed by atoms with E-state index in [4.69, 9.17) is 15.6 Å². The van der Waals surface area contributed by atoms with Gasteiger partial charge in [-0.15, -0.1) is 0 Å². The molecule has 13 heteroatoms. The van der Waals surface area contributed by atoms with Gasteiger partial charge in [-0.2, -0.15) is 4.31 Å². The molecule has 2 heterocycles. The summed E-state index contributed by atoms with van der Waals surface area (Å²) in [6.45, 7) is 5.80. The van der Waals surface area contributed by atoms with E-state index in [2.05, 4.69) is 5.32 Å². The van der Waals surface area contributed by atoms with Crippen molar-refractivity contribution in [2.75, 3.05) is 57.9 Å². The standard InChI is InChI=1S/C26H38FN5O6S/c1-3-16-38-22-8-7-20(39(36,37)32-12-10-30(11-13-32)14-15-33)17-21(22)26(35)29-23-19(6-5-9-27)18-31(4-2)24(23)25(28)34/h7-8,17-18,33H,3-6,9-16H2,1-2H3,(H2,28,34)(H,29,35). The van der Waals surface area contributed by atoms with Crippen molar-refractivity contribution in [2.24, 2.45) is 5.73 Å². The molecule has 0 unspecified atom stereocenters. The normalized spacial score (nSPS) is 14.9. The van der Waals surface area contributed by atoms with Crippen LogP contribution in [0.3, 0.4) is 0 Å². The lowest BCUT2D eigenvalue weighted by Gasteiger charge is -2.33. The quantitative estimate of drug-likeness (QED) is 0.316. The van der Waals surface area contributed by atoms with Crippen LogP contribution in [0.1, 0.15) is 53.1 Å². The number of piperazine rings is 1. The van der Waals surface area contributed by atoms with Crippen molar-refractivity contribution in [3.63, 3.8) is 0 Å². The van der Waals surface area contributed by atoms with Crippen molar-refractivity contribution in [1.82, 2.24) is 13.8 Å². The summed E-state index contributed by atoms with van der Waals surface area (Å²) in [5.41, 5.74) is 6.42. The number of carbonyl (C=O) groups is 2. The first kappa shape index (κ1) is 30.5. The molecule has 0 atom stereocenters. The monoisotopic (exact) mass is 567 g/mol. The van der Waals surface area contributed by atoms with Crippen LogP contribution in [0.5, 0.6) is 5.75 Å². The Hall–Kier alpha value is -3.00. The fourth-order valence-electron chi connectivity index (χ4n) is 4.56. The molecule has 0 bridgehead atoms. The molecular weight excluding hydrogens is 529 g/mol. The van der Waals surface area contributed by atoms with Crippen molar-refractivity contribution >= 4 is 27.5 Å². The highest BCUT2D eigenvalue weighted by Crippen LogP contribution is 2.30. The van der Waals surface area contributed by atoms with Gasteiger partial charge in [0, 0.05) is 45.5 Å². The highest BCUT2D eigenvalue weighted by atomic mass is 32.2. The number of nitrogens with zero attached hydrogens (tertiary/aromatic N) is 3. The summed E-state index contributed by atoms with van der Waals surface area (Å²) in [6.07, 6.45) is 2.79. The smallest absolute Gasteiger partial charge is 0.267 e. The second kappa shape index (κ2) is 13.9. The minimum absolute atomic E-state index is 0.000950. The molecule has 2 amide bonds. The van der Waals surface area contributed by atoms with E-state index < -0.39 is 28.5 Å². The number of nitrogens with two attached hydrogens (primary N) is 1. The van der Waals surface area contributed by atoms with E-state index in [0.717, 1.165) is 0 Å². The number of primary amides is 1. The first-order valence-electron chi connectivity index (χ1n) is 13.2. The summed E-state index contributed by atoms with van der Waals surface area (Å²) >= 11 is 0. The molecule has 1 aliphatic rings. The average Bonchev–Trinajstić information content (AvgIpc) is 3.28. The number of hydrogen-bond donors (Lipinski definition) is 3. The van der Waals surface area contributed by atoms with Crippen LogP contribution in [0.15, 0.2) is 29.3 Å². The Kier molecular flexibility index (Phi) is 10.9. The second-order valence-electron chi connectivity index (χ2n) is 9.25. The number of hydrogen-bond acceptors (Lipinski definition) is 7. The maximum Gasteiger partial charge on any atom is 0.267 e. The minimum atomic E-state index is -3.92. The molecule has 11 nitrogen and oxygen atoms in total. The predicted molar refractivity (Wildman–Crippen MR) is 145 cm³/mol. The summed E-state index contributed by atoms with van der Waals surface area (Å²) in [5, 5.41) is 11.9. The summed E-state index contributed by atoms with van der Waals surface area (Å²) in [7, 11) is -3.92. The van der Waals surface area contributed by atoms with Crippen molar-refractivity contribution in [1.29, 1.82) is 0 Å². The van der Waals surface area contributed by atoms with Gasteiger partial charge in [-0.05, 0) is 49.9 Å². The number of rotatable bonds is 14. The Morgan fingerprint density at radius 2 is 1.90 bits per heavy atom. The Bertz CT molecular complexity index is 1260. The second-order valence-corrected chi connectivity index (χ2v) is 11.2. The van der Waals surface area contributed by atoms with Crippen molar-refractivity contribution in [3.05, 3.63) is 41.2 Å². The van der Waals surface area contributed by atoms with Crippen LogP contribution in [0, 0.1) is 0 Å². The summed E-state index contributed by atoms with van der Waals surface area (Å²) in [5.74, 6) is -1.23. The topological polar surface area (TPSA) is 147 Å². The van der Waals surface area contributed by atoms with Gasteiger partial charge in [-0.25, -0.2) is 8.42 Å². The molecule has 2 aromatic rings. The van der Waals surface area contributed by atoms with E-state index in [1.54, 1.807) is 10.8 Å². The average molecular weight is 568 g/mol. The highest BCUT2D eigenvalue weighted by Gasteiger charge is 2.30. The molecule has 216 valence electrons. The molecule has 0 radical (unpaired) electrons. The van der Waals surface area contributed by atoms with Crippen molar-refractivity contribution < 1.29 is 32.2 Å². The number of aliphatic hydroxyl groups is 1. The summed E-state index contributed by atoms with van der Waals surface area (Å²) in [4.78, 5) is 27.8.